The second-order valence-corrected chi connectivity index (χ2v) is 6.15. The number of carbonyl (C=O) groups excluding carboxylic acids is 2. The van der Waals surface area contributed by atoms with Crippen LogP contribution < -0.4 is 5.32 Å². The van der Waals surface area contributed by atoms with Gasteiger partial charge in [-0.1, -0.05) is 66.3 Å². The molecular formula is C16H20INO4. The van der Waals surface area contributed by atoms with Gasteiger partial charge in [0.15, 0.2) is 0 Å². The van der Waals surface area contributed by atoms with Crippen LogP contribution in [0.15, 0.2) is 30.3 Å². The predicted octanol–water partition coefficient (Wildman–Crippen LogP) is 3.06. The number of hydrogen-bond acceptors (Lipinski definition) is 4. The predicted molar refractivity (Wildman–Crippen MR) is 90.7 cm³/mol. The van der Waals surface area contributed by atoms with Crippen LogP contribution in [0.2, 0.25) is 0 Å². The monoisotopic (exact) mass is 417 g/mol. The number of amides is 1. The number of cyclic esters (lactones) is 1. The van der Waals surface area contributed by atoms with Crippen LogP contribution in [0.25, 0.3) is 0 Å². The maximum atomic E-state index is 11.9. The summed E-state index contributed by atoms with van der Waals surface area (Å²) in [4.78, 5) is 23.9. The molecular weight excluding hydrogens is 397 g/mol. The highest BCUT2D eigenvalue weighted by molar-refractivity contribution is 14.1. The van der Waals surface area contributed by atoms with Crippen LogP contribution in [0, 0.1) is 5.92 Å². The molecule has 1 N–H and O–H groups in total. The van der Waals surface area contributed by atoms with E-state index in [9.17, 15) is 9.59 Å². The third-order valence-corrected chi connectivity index (χ3v) is 4.56. The van der Waals surface area contributed by atoms with Crippen molar-refractivity contribution in [1.29, 1.82) is 0 Å². The van der Waals surface area contributed by atoms with E-state index in [0.29, 0.717) is 0 Å². The number of rotatable bonds is 6. The number of ether oxygens (including phenoxy) is 2. The topological polar surface area (TPSA) is 64.6 Å². The number of halogens is 1. The van der Waals surface area contributed by atoms with Gasteiger partial charge >= 0.3 is 12.1 Å². The molecule has 5 nitrogen and oxygen atoms in total. The molecule has 1 amide bonds. The van der Waals surface area contributed by atoms with Crippen molar-refractivity contribution in [2.24, 2.45) is 5.92 Å². The third-order valence-electron chi connectivity index (χ3n) is 3.69. The van der Waals surface area contributed by atoms with Gasteiger partial charge in [-0.3, -0.25) is 0 Å². The average molecular weight is 417 g/mol. The van der Waals surface area contributed by atoms with Crippen LogP contribution in [0.1, 0.15) is 25.3 Å². The summed E-state index contributed by atoms with van der Waals surface area (Å²) in [6.45, 7) is 2.24. The minimum absolute atomic E-state index is 0.0127. The first-order chi connectivity index (χ1) is 10.7. The summed E-state index contributed by atoms with van der Waals surface area (Å²) >= 11 is 2.20. The Bertz CT molecular complexity index is 508. The minimum Gasteiger partial charge on any atom is -0.460 e. The molecule has 1 aromatic carbocycles. The Morgan fingerprint density at radius 1 is 1.36 bits per heavy atom. The lowest BCUT2D eigenvalue weighted by Gasteiger charge is -2.19. The molecule has 0 unspecified atom stereocenters. The molecule has 1 aliphatic heterocycles. The number of benzene rings is 1. The first kappa shape index (κ1) is 17.1. The van der Waals surface area contributed by atoms with Crippen LogP contribution >= 0.6 is 22.6 Å². The number of hydrogen-bond donors (Lipinski definition) is 1. The SMILES string of the molecule is CCC[C@@H]1[C@@H](CI)OC(=O)[C@@H]1NC(=O)OCc1ccccc1. The van der Waals surface area contributed by atoms with Gasteiger partial charge in [0.2, 0.25) is 0 Å². The Labute approximate surface area is 143 Å². The average Bonchev–Trinajstić information content (AvgIpc) is 2.83. The fourth-order valence-electron chi connectivity index (χ4n) is 2.59. The zero-order valence-electron chi connectivity index (χ0n) is 12.5. The lowest BCUT2D eigenvalue weighted by Crippen LogP contribution is -2.43. The van der Waals surface area contributed by atoms with E-state index in [1.54, 1.807) is 0 Å². The third kappa shape index (κ3) is 4.34. The van der Waals surface area contributed by atoms with Gasteiger partial charge in [0, 0.05) is 10.3 Å². The fourth-order valence-corrected chi connectivity index (χ4v) is 3.42. The van der Waals surface area contributed by atoms with Crippen LogP contribution in [0.5, 0.6) is 0 Å². The summed E-state index contributed by atoms with van der Waals surface area (Å²) in [5, 5.41) is 2.66. The van der Waals surface area contributed by atoms with E-state index in [1.165, 1.54) is 0 Å². The minimum atomic E-state index is -0.608. The highest BCUT2D eigenvalue weighted by Crippen LogP contribution is 2.28. The van der Waals surface area contributed by atoms with Crippen molar-refractivity contribution in [3.8, 4) is 0 Å². The normalized spacial score (nSPS) is 23.9. The summed E-state index contributed by atoms with van der Waals surface area (Å²) in [5.74, 6) is -0.351. The van der Waals surface area contributed by atoms with E-state index < -0.39 is 12.1 Å². The molecule has 0 aromatic heterocycles. The van der Waals surface area contributed by atoms with Crippen molar-refractivity contribution in [2.75, 3.05) is 4.43 Å². The van der Waals surface area contributed by atoms with E-state index in [-0.39, 0.29) is 24.6 Å². The van der Waals surface area contributed by atoms with Crippen LogP contribution in [-0.4, -0.2) is 28.6 Å². The van der Waals surface area contributed by atoms with Gasteiger partial charge in [0.05, 0.1) is 0 Å². The highest BCUT2D eigenvalue weighted by Gasteiger charge is 2.44. The van der Waals surface area contributed by atoms with Crippen molar-refractivity contribution in [2.45, 2.75) is 38.5 Å². The Morgan fingerprint density at radius 3 is 2.73 bits per heavy atom. The Hall–Kier alpha value is -1.31. The van der Waals surface area contributed by atoms with E-state index >= 15 is 0 Å². The molecule has 1 aromatic rings. The van der Waals surface area contributed by atoms with Crippen molar-refractivity contribution in [3.63, 3.8) is 0 Å². The maximum absolute atomic E-state index is 11.9. The molecule has 3 atom stereocenters. The molecule has 0 spiro atoms. The summed E-state index contributed by atoms with van der Waals surface area (Å²) < 4.78 is 11.2. The van der Waals surface area contributed by atoms with Crippen LogP contribution in [0.3, 0.4) is 0 Å². The smallest absolute Gasteiger partial charge is 0.408 e. The van der Waals surface area contributed by atoms with Gasteiger partial charge in [-0.2, -0.15) is 0 Å². The van der Waals surface area contributed by atoms with E-state index in [4.69, 9.17) is 9.47 Å². The van der Waals surface area contributed by atoms with Gasteiger partial charge in [-0.05, 0) is 12.0 Å². The standard InChI is InChI=1S/C16H20INO4/c1-2-6-12-13(9-17)22-15(19)14(12)18-16(20)21-10-11-7-4-3-5-8-11/h3-5,7-8,12-14H,2,6,9-10H2,1H3,(H,18,20)/t12-,13-,14-/m1/s1. The highest BCUT2D eigenvalue weighted by atomic mass is 127. The van der Waals surface area contributed by atoms with Gasteiger partial charge in [-0.15, -0.1) is 0 Å². The molecule has 120 valence electrons. The fraction of sp³-hybridized carbons (Fsp3) is 0.500. The van der Waals surface area contributed by atoms with Crippen LogP contribution in [0.4, 0.5) is 4.79 Å². The second kappa shape index (κ2) is 8.36. The molecule has 0 saturated carbocycles. The molecule has 0 aliphatic carbocycles. The zero-order valence-corrected chi connectivity index (χ0v) is 14.6. The lowest BCUT2D eigenvalue weighted by atomic mass is 9.93. The Kier molecular flexibility index (Phi) is 6.48. The second-order valence-electron chi connectivity index (χ2n) is 5.27. The first-order valence-corrected chi connectivity index (χ1v) is 8.92. The van der Waals surface area contributed by atoms with Crippen molar-refractivity contribution >= 4 is 34.7 Å². The summed E-state index contributed by atoms with van der Waals surface area (Å²) in [5.41, 5.74) is 0.905. The number of nitrogens with one attached hydrogen (secondary N) is 1. The molecule has 1 saturated heterocycles. The summed E-state index contributed by atoms with van der Waals surface area (Å²) in [6.07, 6.45) is 1.06. The van der Waals surface area contributed by atoms with Crippen LogP contribution in [-0.2, 0) is 20.9 Å². The molecule has 0 bridgehead atoms. The molecule has 1 heterocycles. The molecule has 0 radical (unpaired) electrons. The lowest BCUT2D eigenvalue weighted by molar-refractivity contribution is -0.142. The molecule has 6 heteroatoms. The van der Waals surface area contributed by atoms with Gasteiger partial charge in [0.25, 0.3) is 0 Å². The van der Waals surface area contributed by atoms with Crippen molar-refractivity contribution in [3.05, 3.63) is 35.9 Å². The summed E-state index contributed by atoms with van der Waals surface area (Å²) in [7, 11) is 0. The number of alkyl halides is 1. The zero-order chi connectivity index (χ0) is 15.9. The molecule has 2 rings (SSSR count). The number of alkyl carbamates (subject to hydrolysis) is 1. The quantitative estimate of drug-likeness (QED) is 0.439. The van der Waals surface area contributed by atoms with Crippen molar-refractivity contribution in [1.82, 2.24) is 5.32 Å². The molecule has 22 heavy (non-hydrogen) atoms. The van der Waals surface area contributed by atoms with Crippen molar-refractivity contribution < 1.29 is 19.1 Å². The number of carbonyl (C=O) groups is 2. The molecule has 1 fully saturated rings. The van der Waals surface area contributed by atoms with E-state index in [1.807, 2.05) is 30.3 Å². The number of esters is 1. The Balaban J connectivity index is 1.90. The molecule has 1 aliphatic rings. The maximum Gasteiger partial charge on any atom is 0.408 e. The largest absolute Gasteiger partial charge is 0.460 e. The van der Waals surface area contributed by atoms with Gasteiger partial charge in [-0.25, -0.2) is 9.59 Å². The van der Waals surface area contributed by atoms with E-state index in [2.05, 4.69) is 34.8 Å². The van der Waals surface area contributed by atoms with Gasteiger partial charge in [0.1, 0.15) is 18.8 Å². The summed E-state index contributed by atoms with van der Waals surface area (Å²) in [6, 6.07) is 8.81. The van der Waals surface area contributed by atoms with Gasteiger partial charge < -0.3 is 14.8 Å². The van der Waals surface area contributed by atoms with E-state index in [0.717, 1.165) is 22.8 Å². The Morgan fingerprint density at radius 2 is 2.09 bits per heavy atom. The first-order valence-electron chi connectivity index (χ1n) is 7.39.